The van der Waals surface area contributed by atoms with Crippen LogP contribution in [-0.2, 0) is 5.41 Å². The standard InChI is InChI=1S/C44H31NO/c1-44(2)38-23-32(21-22-34(38)36-26-37-35-15-9-10-16-42(35)46-43(37)27-39(36)44)28-17-19-29(20-18-28)33-24-40(30-11-5-3-6-12-30)45-41(25-33)31-13-7-4-8-14-31/h3-27H,1-2H3. The first kappa shape index (κ1) is 26.7. The van der Waals surface area contributed by atoms with Gasteiger partial charge in [0.2, 0.25) is 0 Å². The Morgan fingerprint density at radius 1 is 0.413 bits per heavy atom. The molecule has 8 aromatic rings. The molecule has 0 atom stereocenters. The third-order valence-corrected chi connectivity index (χ3v) is 9.69. The maximum absolute atomic E-state index is 6.27. The molecule has 2 heterocycles. The Kier molecular flexibility index (Phi) is 5.88. The summed E-state index contributed by atoms with van der Waals surface area (Å²) in [7, 11) is 0. The van der Waals surface area contributed by atoms with Gasteiger partial charge in [0.05, 0.1) is 11.4 Å². The second-order valence-corrected chi connectivity index (χ2v) is 12.8. The molecule has 0 fully saturated rings. The Labute approximate surface area is 268 Å². The molecule has 0 amide bonds. The Hall–Kier alpha value is -5.73. The van der Waals surface area contributed by atoms with Crippen LogP contribution < -0.4 is 0 Å². The summed E-state index contributed by atoms with van der Waals surface area (Å²) < 4.78 is 6.27. The molecule has 0 N–H and O–H groups in total. The molecule has 46 heavy (non-hydrogen) atoms. The fourth-order valence-corrected chi connectivity index (χ4v) is 7.20. The molecular formula is C44H31NO. The molecule has 2 nitrogen and oxygen atoms in total. The van der Waals surface area contributed by atoms with Crippen LogP contribution in [0.1, 0.15) is 25.0 Å². The molecule has 0 bridgehead atoms. The molecule has 0 spiro atoms. The second kappa shape index (κ2) is 10.2. The van der Waals surface area contributed by atoms with Crippen molar-refractivity contribution in [3.63, 3.8) is 0 Å². The first-order chi connectivity index (χ1) is 22.5. The predicted molar refractivity (Wildman–Crippen MR) is 191 cm³/mol. The Balaban J connectivity index is 1.10. The van der Waals surface area contributed by atoms with E-state index in [2.05, 4.69) is 147 Å². The van der Waals surface area contributed by atoms with Gasteiger partial charge in [0.15, 0.2) is 0 Å². The number of fused-ring (bicyclic) bond motifs is 6. The summed E-state index contributed by atoms with van der Waals surface area (Å²) in [6, 6.07) is 54.1. The molecule has 2 aromatic heterocycles. The van der Waals surface area contributed by atoms with Gasteiger partial charge in [-0.2, -0.15) is 0 Å². The van der Waals surface area contributed by atoms with Gasteiger partial charge in [-0.3, -0.25) is 0 Å². The minimum Gasteiger partial charge on any atom is -0.456 e. The van der Waals surface area contributed by atoms with Crippen molar-refractivity contribution in [3.8, 4) is 55.9 Å². The largest absolute Gasteiger partial charge is 0.456 e. The van der Waals surface area contributed by atoms with Gasteiger partial charge >= 0.3 is 0 Å². The molecule has 0 saturated heterocycles. The number of hydrogen-bond acceptors (Lipinski definition) is 2. The fourth-order valence-electron chi connectivity index (χ4n) is 7.20. The minimum atomic E-state index is -0.132. The molecule has 0 radical (unpaired) electrons. The lowest BCUT2D eigenvalue weighted by molar-refractivity contribution is 0.647. The lowest BCUT2D eigenvalue weighted by atomic mass is 9.81. The molecule has 0 unspecified atom stereocenters. The van der Waals surface area contributed by atoms with Crippen LogP contribution in [-0.4, -0.2) is 4.98 Å². The van der Waals surface area contributed by atoms with E-state index in [9.17, 15) is 0 Å². The molecule has 0 saturated carbocycles. The minimum absolute atomic E-state index is 0.132. The van der Waals surface area contributed by atoms with Crippen molar-refractivity contribution in [2.75, 3.05) is 0 Å². The van der Waals surface area contributed by atoms with E-state index < -0.39 is 0 Å². The van der Waals surface area contributed by atoms with Gasteiger partial charge in [-0.05, 0) is 80.9 Å². The van der Waals surface area contributed by atoms with Crippen molar-refractivity contribution in [2.24, 2.45) is 0 Å². The van der Waals surface area contributed by atoms with Crippen LogP contribution in [0.15, 0.2) is 156 Å². The van der Waals surface area contributed by atoms with Gasteiger partial charge in [-0.15, -0.1) is 0 Å². The third kappa shape index (κ3) is 4.22. The predicted octanol–water partition coefficient (Wildman–Crippen LogP) is 12.0. The summed E-state index contributed by atoms with van der Waals surface area (Å²) in [5.74, 6) is 0. The van der Waals surface area contributed by atoms with Crippen LogP contribution in [0.4, 0.5) is 0 Å². The molecule has 0 aliphatic heterocycles. The lowest BCUT2D eigenvalue weighted by Crippen LogP contribution is -2.15. The van der Waals surface area contributed by atoms with Crippen LogP contribution in [0.5, 0.6) is 0 Å². The Morgan fingerprint density at radius 2 is 0.978 bits per heavy atom. The fraction of sp³-hybridized carbons (Fsp3) is 0.0682. The SMILES string of the molecule is CC1(C)c2cc(-c3ccc(-c4cc(-c5ccccc5)nc(-c5ccccc5)c4)cc3)ccc2-c2cc3c(cc21)oc1ccccc13. The van der Waals surface area contributed by atoms with E-state index in [1.54, 1.807) is 0 Å². The van der Waals surface area contributed by atoms with E-state index in [0.29, 0.717) is 0 Å². The molecule has 9 rings (SSSR count). The summed E-state index contributed by atoms with van der Waals surface area (Å²) in [6.07, 6.45) is 0. The molecule has 2 heteroatoms. The third-order valence-electron chi connectivity index (χ3n) is 9.69. The van der Waals surface area contributed by atoms with E-state index in [1.807, 2.05) is 18.2 Å². The van der Waals surface area contributed by atoms with Crippen molar-refractivity contribution in [2.45, 2.75) is 19.3 Å². The highest BCUT2D eigenvalue weighted by Gasteiger charge is 2.36. The maximum atomic E-state index is 6.27. The number of pyridine rings is 1. The zero-order valence-corrected chi connectivity index (χ0v) is 25.8. The second-order valence-electron chi connectivity index (χ2n) is 12.8. The highest BCUT2D eigenvalue weighted by Crippen LogP contribution is 2.51. The van der Waals surface area contributed by atoms with Crippen LogP contribution in [0, 0.1) is 0 Å². The number of nitrogens with zero attached hydrogens (tertiary/aromatic N) is 1. The van der Waals surface area contributed by atoms with E-state index in [0.717, 1.165) is 39.2 Å². The van der Waals surface area contributed by atoms with Crippen molar-refractivity contribution in [1.29, 1.82) is 0 Å². The molecule has 1 aliphatic carbocycles. The Morgan fingerprint density at radius 3 is 1.65 bits per heavy atom. The normalized spacial score (nSPS) is 13.2. The average Bonchev–Trinajstić information content (AvgIpc) is 3.59. The number of para-hydroxylation sites is 1. The summed E-state index contributed by atoms with van der Waals surface area (Å²) in [5.41, 5.74) is 16.0. The highest BCUT2D eigenvalue weighted by atomic mass is 16.3. The monoisotopic (exact) mass is 589 g/mol. The van der Waals surface area contributed by atoms with Crippen molar-refractivity contribution < 1.29 is 4.42 Å². The van der Waals surface area contributed by atoms with Crippen LogP contribution in [0.2, 0.25) is 0 Å². The lowest BCUT2D eigenvalue weighted by Gasteiger charge is -2.22. The van der Waals surface area contributed by atoms with Gasteiger partial charge in [-0.1, -0.05) is 129 Å². The van der Waals surface area contributed by atoms with Crippen molar-refractivity contribution >= 4 is 21.9 Å². The quantitative estimate of drug-likeness (QED) is 0.204. The van der Waals surface area contributed by atoms with Gasteiger partial charge < -0.3 is 4.42 Å². The van der Waals surface area contributed by atoms with Crippen LogP contribution in [0.25, 0.3) is 77.8 Å². The number of hydrogen-bond donors (Lipinski definition) is 0. The number of aromatic nitrogens is 1. The van der Waals surface area contributed by atoms with Crippen molar-refractivity contribution in [3.05, 3.63) is 163 Å². The van der Waals surface area contributed by atoms with E-state index >= 15 is 0 Å². The van der Waals surface area contributed by atoms with E-state index in [1.165, 1.54) is 49.7 Å². The molecule has 1 aliphatic rings. The zero-order chi connectivity index (χ0) is 30.8. The number of furan rings is 1. The first-order valence-corrected chi connectivity index (χ1v) is 15.9. The smallest absolute Gasteiger partial charge is 0.135 e. The summed E-state index contributed by atoms with van der Waals surface area (Å²) in [5, 5.41) is 2.35. The molecule has 218 valence electrons. The first-order valence-electron chi connectivity index (χ1n) is 15.9. The Bertz CT molecular complexity index is 2360. The summed E-state index contributed by atoms with van der Waals surface area (Å²) >= 11 is 0. The van der Waals surface area contributed by atoms with Gasteiger partial charge in [-0.25, -0.2) is 4.98 Å². The van der Waals surface area contributed by atoms with Crippen LogP contribution >= 0.6 is 0 Å². The van der Waals surface area contributed by atoms with E-state index in [4.69, 9.17) is 9.40 Å². The summed E-state index contributed by atoms with van der Waals surface area (Å²) in [4.78, 5) is 5.05. The molecular weight excluding hydrogens is 558 g/mol. The van der Waals surface area contributed by atoms with Crippen LogP contribution in [0.3, 0.4) is 0 Å². The zero-order valence-electron chi connectivity index (χ0n) is 25.8. The van der Waals surface area contributed by atoms with E-state index in [-0.39, 0.29) is 5.41 Å². The highest BCUT2D eigenvalue weighted by molar-refractivity contribution is 6.07. The van der Waals surface area contributed by atoms with Gasteiger partial charge in [0.1, 0.15) is 11.2 Å². The molecule has 6 aromatic carbocycles. The van der Waals surface area contributed by atoms with Crippen molar-refractivity contribution in [1.82, 2.24) is 4.98 Å². The van der Waals surface area contributed by atoms with Gasteiger partial charge in [0.25, 0.3) is 0 Å². The van der Waals surface area contributed by atoms with Gasteiger partial charge in [0, 0.05) is 27.3 Å². The maximum Gasteiger partial charge on any atom is 0.135 e. The number of benzene rings is 6. The average molecular weight is 590 g/mol. The number of rotatable bonds is 4. The summed E-state index contributed by atoms with van der Waals surface area (Å²) in [6.45, 7) is 4.66. The topological polar surface area (TPSA) is 26.0 Å².